The minimum atomic E-state index is 0.697. The monoisotopic (exact) mass is 224 g/mol. The largest absolute Gasteiger partial charge is 0.399 e. The van der Waals surface area contributed by atoms with Crippen molar-refractivity contribution in [2.45, 2.75) is 6.92 Å². The molecule has 0 atom stereocenters. The van der Waals surface area contributed by atoms with Gasteiger partial charge in [-0.25, -0.2) is 9.50 Å². The Balaban J connectivity index is 2.18. The summed E-state index contributed by atoms with van der Waals surface area (Å²) in [5.74, 6) is 0.697. The highest BCUT2D eigenvalue weighted by molar-refractivity contribution is 5.62. The van der Waals surface area contributed by atoms with Crippen LogP contribution in [0.4, 0.5) is 5.69 Å². The lowest BCUT2D eigenvalue weighted by Gasteiger charge is -1.95. The Kier molecular flexibility index (Phi) is 2.08. The predicted octanol–water partition coefficient (Wildman–Crippen LogP) is 2.29. The highest BCUT2D eigenvalue weighted by atomic mass is 15.3. The average molecular weight is 224 g/mol. The van der Waals surface area contributed by atoms with E-state index in [2.05, 4.69) is 10.1 Å². The average Bonchev–Trinajstić information content (AvgIpc) is 2.72. The number of benzene rings is 1. The van der Waals surface area contributed by atoms with E-state index in [9.17, 15) is 0 Å². The number of aryl methyl sites for hydroxylation is 1. The molecule has 3 aromatic rings. The van der Waals surface area contributed by atoms with E-state index in [1.54, 1.807) is 4.52 Å². The van der Waals surface area contributed by atoms with Crippen molar-refractivity contribution in [1.29, 1.82) is 0 Å². The minimum absolute atomic E-state index is 0.697. The summed E-state index contributed by atoms with van der Waals surface area (Å²) in [4.78, 5) is 4.48. The van der Waals surface area contributed by atoms with Crippen molar-refractivity contribution in [2.24, 2.45) is 0 Å². The van der Waals surface area contributed by atoms with Gasteiger partial charge in [-0.15, -0.1) is 5.10 Å². The molecule has 0 aliphatic heterocycles. The number of fused-ring (bicyclic) bond motifs is 1. The smallest absolute Gasteiger partial charge is 0.182 e. The van der Waals surface area contributed by atoms with Gasteiger partial charge in [0.25, 0.3) is 0 Å². The zero-order chi connectivity index (χ0) is 11.8. The molecule has 0 fully saturated rings. The van der Waals surface area contributed by atoms with Crippen LogP contribution in [0.5, 0.6) is 0 Å². The van der Waals surface area contributed by atoms with E-state index in [4.69, 9.17) is 5.73 Å². The summed E-state index contributed by atoms with van der Waals surface area (Å²) < 4.78 is 1.77. The van der Waals surface area contributed by atoms with Crippen LogP contribution in [0.25, 0.3) is 17.0 Å². The fourth-order valence-electron chi connectivity index (χ4n) is 1.78. The van der Waals surface area contributed by atoms with Crippen molar-refractivity contribution in [3.63, 3.8) is 0 Å². The second-order valence-electron chi connectivity index (χ2n) is 4.07. The fourth-order valence-corrected chi connectivity index (χ4v) is 1.78. The first-order chi connectivity index (χ1) is 8.22. The standard InChI is InChI=1S/C13H12N4/c1-9-5-6-17-12(7-9)15-13(16-17)10-3-2-4-11(14)8-10/h2-8H,14H2,1H3. The second kappa shape index (κ2) is 3.59. The minimum Gasteiger partial charge on any atom is -0.399 e. The van der Waals surface area contributed by atoms with Gasteiger partial charge in [-0.2, -0.15) is 0 Å². The third-order valence-electron chi connectivity index (χ3n) is 2.64. The zero-order valence-electron chi connectivity index (χ0n) is 9.46. The number of nitrogen functional groups attached to an aromatic ring is 1. The molecule has 0 aliphatic carbocycles. The van der Waals surface area contributed by atoms with Crippen LogP contribution in [0.2, 0.25) is 0 Å². The quantitative estimate of drug-likeness (QED) is 0.645. The normalized spacial score (nSPS) is 10.9. The summed E-state index contributed by atoms with van der Waals surface area (Å²) in [6, 6.07) is 11.6. The van der Waals surface area contributed by atoms with Gasteiger partial charge in [0, 0.05) is 17.4 Å². The first-order valence-electron chi connectivity index (χ1n) is 5.41. The van der Waals surface area contributed by atoms with Gasteiger partial charge in [-0.3, -0.25) is 0 Å². The van der Waals surface area contributed by atoms with Gasteiger partial charge in [0.2, 0.25) is 0 Å². The lowest BCUT2D eigenvalue weighted by Crippen LogP contribution is -1.88. The Morgan fingerprint density at radius 1 is 1.18 bits per heavy atom. The molecule has 2 N–H and O–H groups in total. The van der Waals surface area contributed by atoms with Gasteiger partial charge < -0.3 is 5.73 Å². The van der Waals surface area contributed by atoms with Crippen LogP contribution in [0, 0.1) is 6.92 Å². The maximum absolute atomic E-state index is 5.75. The number of rotatable bonds is 1. The Bertz CT molecular complexity index is 685. The summed E-state index contributed by atoms with van der Waals surface area (Å²) in [5.41, 5.74) is 9.43. The molecule has 0 aliphatic rings. The summed E-state index contributed by atoms with van der Waals surface area (Å²) >= 11 is 0. The molecule has 2 heterocycles. The maximum atomic E-state index is 5.75. The van der Waals surface area contributed by atoms with Crippen molar-refractivity contribution in [2.75, 3.05) is 5.73 Å². The SMILES string of the molecule is Cc1ccn2nc(-c3cccc(N)c3)nc2c1. The number of hydrogen-bond acceptors (Lipinski definition) is 3. The molecule has 4 heteroatoms. The molecule has 0 saturated carbocycles. The molecule has 0 spiro atoms. The van der Waals surface area contributed by atoms with Gasteiger partial charge in [0.05, 0.1) is 0 Å². The van der Waals surface area contributed by atoms with Crippen LogP contribution >= 0.6 is 0 Å². The molecular formula is C13H12N4. The summed E-state index contributed by atoms with van der Waals surface area (Å²) in [6.45, 7) is 2.04. The van der Waals surface area contributed by atoms with E-state index < -0.39 is 0 Å². The summed E-state index contributed by atoms with van der Waals surface area (Å²) in [5, 5.41) is 4.42. The Morgan fingerprint density at radius 3 is 2.88 bits per heavy atom. The number of anilines is 1. The van der Waals surface area contributed by atoms with Crippen molar-refractivity contribution < 1.29 is 0 Å². The molecule has 0 radical (unpaired) electrons. The van der Waals surface area contributed by atoms with Crippen molar-refractivity contribution in [3.8, 4) is 11.4 Å². The third-order valence-corrected chi connectivity index (χ3v) is 2.64. The Morgan fingerprint density at radius 2 is 2.06 bits per heavy atom. The van der Waals surface area contributed by atoms with Crippen molar-refractivity contribution in [3.05, 3.63) is 48.2 Å². The van der Waals surface area contributed by atoms with Crippen molar-refractivity contribution in [1.82, 2.24) is 14.6 Å². The lowest BCUT2D eigenvalue weighted by molar-refractivity contribution is 0.962. The van der Waals surface area contributed by atoms with E-state index in [1.807, 2.05) is 49.5 Å². The van der Waals surface area contributed by atoms with Crippen LogP contribution in [-0.2, 0) is 0 Å². The van der Waals surface area contributed by atoms with Crippen LogP contribution < -0.4 is 5.73 Å². The van der Waals surface area contributed by atoms with Crippen LogP contribution in [0.1, 0.15) is 5.56 Å². The second-order valence-corrected chi connectivity index (χ2v) is 4.07. The Labute approximate surface area is 98.7 Å². The first kappa shape index (κ1) is 9.84. The fraction of sp³-hybridized carbons (Fsp3) is 0.0769. The van der Waals surface area contributed by atoms with Crippen LogP contribution in [0.15, 0.2) is 42.6 Å². The highest BCUT2D eigenvalue weighted by Crippen LogP contribution is 2.18. The third kappa shape index (κ3) is 1.73. The molecule has 0 amide bonds. The van der Waals surface area contributed by atoms with E-state index in [1.165, 1.54) is 5.56 Å². The summed E-state index contributed by atoms with van der Waals surface area (Å²) in [7, 11) is 0. The maximum Gasteiger partial charge on any atom is 0.182 e. The first-order valence-corrected chi connectivity index (χ1v) is 5.41. The topological polar surface area (TPSA) is 56.2 Å². The van der Waals surface area contributed by atoms with E-state index in [-0.39, 0.29) is 0 Å². The molecular weight excluding hydrogens is 212 g/mol. The van der Waals surface area contributed by atoms with E-state index in [0.717, 1.165) is 16.9 Å². The molecule has 4 nitrogen and oxygen atoms in total. The molecule has 1 aromatic carbocycles. The lowest BCUT2D eigenvalue weighted by atomic mass is 10.2. The molecule has 84 valence electrons. The number of aromatic nitrogens is 3. The predicted molar refractivity (Wildman–Crippen MR) is 67.6 cm³/mol. The van der Waals surface area contributed by atoms with Gasteiger partial charge in [0.15, 0.2) is 11.5 Å². The van der Waals surface area contributed by atoms with Crippen LogP contribution in [-0.4, -0.2) is 14.6 Å². The molecule has 17 heavy (non-hydrogen) atoms. The van der Waals surface area contributed by atoms with E-state index in [0.29, 0.717) is 5.82 Å². The van der Waals surface area contributed by atoms with Gasteiger partial charge in [0.1, 0.15) is 0 Å². The van der Waals surface area contributed by atoms with Gasteiger partial charge in [-0.1, -0.05) is 12.1 Å². The summed E-state index contributed by atoms with van der Waals surface area (Å²) in [6.07, 6.45) is 1.91. The molecule has 0 bridgehead atoms. The number of pyridine rings is 1. The highest BCUT2D eigenvalue weighted by Gasteiger charge is 2.06. The number of nitrogens with zero attached hydrogens (tertiary/aromatic N) is 3. The van der Waals surface area contributed by atoms with Crippen molar-refractivity contribution >= 4 is 11.3 Å². The number of nitrogens with two attached hydrogens (primary N) is 1. The van der Waals surface area contributed by atoms with Gasteiger partial charge in [-0.05, 0) is 36.8 Å². The number of hydrogen-bond donors (Lipinski definition) is 1. The Hall–Kier alpha value is -2.36. The molecule has 2 aromatic heterocycles. The molecule has 3 rings (SSSR count). The zero-order valence-corrected chi connectivity index (χ0v) is 9.46. The van der Waals surface area contributed by atoms with Gasteiger partial charge >= 0.3 is 0 Å². The molecule has 0 saturated heterocycles. The van der Waals surface area contributed by atoms with E-state index >= 15 is 0 Å². The molecule has 0 unspecified atom stereocenters. The van der Waals surface area contributed by atoms with Crippen LogP contribution in [0.3, 0.4) is 0 Å².